The molecule has 3 aromatic rings. The van der Waals surface area contributed by atoms with Gasteiger partial charge in [-0.1, -0.05) is 11.2 Å². The van der Waals surface area contributed by atoms with E-state index in [9.17, 15) is 18.0 Å². The van der Waals surface area contributed by atoms with Gasteiger partial charge in [-0.2, -0.15) is 18.2 Å². The van der Waals surface area contributed by atoms with E-state index in [4.69, 9.17) is 0 Å². The maximum Gasteiger partial charge on any atom is 0.471 e. The number of hydrogen-bond acceptors (Lipinski definition) is 7. The van der Waals surface area contributed by atoms with Crippen LogP contribution < -0.4 is 9.80 Å². The molecular weight excluding hydrogens is 399 g/mol. The Hall–Kier alpha value is -3.43. The van der Waals surface area contributed by atoms with Crippen molar-refractivity contribution in [2.75, 3.05) is 22.9 Å². The summed E-state index contributed by atoms with van der Waals surface area (Å²) in [6.45, 7) is 1.43. The summed E-state index contributed by atoms with van der Waals surface area (Å²) in [5.74, 6) is -0.691. The number of benzene rings is 1. The number of halogens is 3. The monoisotopic (exact) mass is 415 g/mol. The van der Waals surface area contributed by atoms with Gasteiger partial charge in [-0.3, -0.25) is 4.79 Å². The summed E-state index contributed by atoms with van der Waals surface area (Å²) in [5, 5.41) is 3.52. The number of piperazine rings is 1. The molecule has 0 spiro atoms. The van der Waals surface area contributed by atoms with Crippen LogP contribution >= 0.6 is 0 Å². The maximum atomic E-state index is 12.9. The number of alkyl halides is 3. The number of carbonyl (C=O) groups excluding carboxylic acids is 1. The minimum absolute atomic E-state index is 0.159. The van der Waals surface area contributed by atoms with Gasteiger partial charge in [0.05, 0.1) is 6.04 Å². The van der Waals surface area contributed by atoms with E-state index in [1.807, 2.05) is 18.2 Å². The molecule has 0 radical (unpaired) electrons. The molecule has 2 saturated heterocycles. The number of aromatic nitrogens is 3. The molecule has 5 rings (SSSR count). The van der Waals surface area contributed by atoms with Crippen molar-refractivity contribution in [3.05, 3.63) is 54.0 Å². The van der Waals surface area contributed by atoms with Crippen LogP contribution in [-0.2, 0) is 6.18 Å². The predicted octanol–water partition coefficient (Wildman–Crippen LogP) is 3.43. The van der Waals surface area contributed by atoms with Crippen LogP contribution in [0, 0.1) is 0 Å². The highest BCUT2D eigenvalue weighted by molar-refractivity contribution is 5.84. The number of aldehydes is 1. The lowest BCUT2D eigenvalue weighted by Gasteiger charge is -2.37. The summed E-state index contributed by atoms with van der Waals surface area (Å²) >= 11 is 0. The van der Waals surface area contributed by atoms with Crippen molar-refractivity contribution < 1.29 is 22.5 Å². The van der Waals surface area contributed by atoms with Gasteiger partial charge in [0.15, 0.2) is 0 Å². The Kier molecular flexibility index (Phi) is 4.23. The summed E-state index contributed by atoms with van der Waals surface area (Å²) < 4.78 is 43.2. The van der Waals surface area contributed by atoms with Gasteiger partial charge in [-0.15, -0.1) is 0 Å². The van der Waals surface area contributed by atoms with Crippen LogP contribution in [0.25, 0.3) is 11.4 Å². The molecule has 2 aromatic heterocycles. The van der Waals surface area contributed by atoms with Gasteiger partial charge in [0.1, 0.15) is 12.1 Å². The molecule has 10 heteroatoms. The SMILES string of the molecule is O=Cc1ccc(N2C[C@@H]3C[C@H]2CN3c2ccccn2)c(-c2noc(C(F)(F)F)n2)c1. The quantitative estimate of drug-likeness (QED) is 0.605. The Labute approximate surface area is 169 Å². The zero-order chi connectivity index (χ0) is 20.9. The molecule has 0 saturated carbocycles. The number of rotatable bonds is 4. The van der Waals surface area contributed by atoms with Crippen LogP contribution in [0.2, 0.25) is 0 Å². The molecular formula is C20H16F3N5O2. The van der Waals surface area contributed by atoms with Crippen LogP contribution in [-0.4, -0.2) is 46.6 Å². The third-order valence-corrected chi connectivity index (χ3v) is 5.56. The predicted molar refractivity (Wildman–Crippen MR) is 101 cm³/mol. The smallest absolute Gasteiger partial charge is 0.364 e. The fraction of sp³-hybridized carbons (Fsp3) is 0.300. The minimum atomic E-state index is -4.73. The highest BCUT2D eigenvalue weighted by Crippen LogP contribution is 2.41. The van der Waals surface area contributed by atoms with E-state index in [0.29, 0.717) is 29.6 Å². The van der Waals surface area contributed by atoms with Crippen molar-refractivity contribution in [2.24, 2.45) is 0 Å². The molecule has 0 unspecified atom stereocenters. The van der Waals surface area contributed by atoms with Crippen LogP contribution in [0.5, 0.6) is 0 Å². The molecule has 2 aliphatic heterocycles. The molecule has 0 amide bonds. The van der Waals surface area contributed by atoms with Crippen molar-refractivity contribution in [2.45, 2.75) is 24.7 Å². The highest BCUT2D eigenvalue weighted by atomic mass is 19.4. The van der Waals surface area contributed by atoms with Crippen molar-refractivity contribution in [1.82, 2.24) is 15.1 Å². The summed E-state index contributed by atoms with van der Waals surface area (Å²) in [4.78, 5) is 23.6. The maximum absolute atomic E-state index is 12.9. The van der Waals surface area contributed by atoms with E-state index in [0.717, 1.165) is 18.8 Å². The zero-order valence-electron chi connectivity index (χ0n) is 15.6. The summed E-state index contributed by atoms with van der Waals surface area (Å²) in [5.41, 5.74) is 1.35. The van der Waals surface area contributed by atoms with Gasteiger partial charge in [0.2, 0.25) is 5.82 Å². The van der Waals surface area contributed by atoms with E-state index < -0.39 is 12.1 Å². The molecule has 2 atom stereocenters. The second kappa shape index (κ2) is 6.82. The first kappa shape index (κ1) is 18.6. The van der Waals surface area contributed by atoms with E-state index in [1.54, 1.807) is 18.3 Å². The van der Waals surface area contributed by atoms with E-state index in [-0.39, 0.29) is 17.9 Å². The number of nitrogens with zero attached hydrogens (tertiary/aromatic N) is 5. The zero-order valence-corrected chi connectivity index (χ0v) is 15.6. The lowest BCUT2D eigenvalue weighted by Crippen LogP contribution is -2.47. The van der Waals surface area contributed by atoms with E-state index in [1.165, 1.54) is 6.07 Å². The topological polar surface area (TPSA) is 75.4 Å². The van der Waals surface area contributed by atoms with E-state index in [2.05, 4.69) is 29.4 Å². The van der Waals surface area contributed by atoms with Gasteiger partial charge >= 0.3 is 12.1 Å². The number of fused-ring (bicyclic) bond motifs is 2. The number of anilines is 2. The lowest BCUT2D eigenvalue weighted by molar-refractivity contribution is -0.159. The van der Waals surface area contributed by atoms with Crippen LogP contribution in [0.3, 0.4) is 0 Å². The minimum Gasteiger partial charge on any atom is -0.364 e. The number of hydrogen-bond donors (Lipinski definition) is 0. The largest absolute Gasteiger partial charge is 0.471 e. The third-order valence-electron chi connectivity index (χ3n) is 5.56. The summed E-state index contributed by atoms with van der Waals surface area (Å²) in [6, 6.07) is 11.0. The third kappa shape index (κ3) is 3.08. The molecule has 2 bridgehead atoms. The number of pyridine rings is 1. The molecule has 4 heterocycles. The Morgan fingerprint density at radius 3 is 2.53 bits per heavy atom. The van der Waals surface area contributed by atoms with Crippen molar-refractivity contribution in [3.8, 4) is 11.4 Å². The average Bonchev–Trinajstić information content (AvgIpc) is 3.49. The summed E-state index contributed by atoms with van der Waals surface area (Å²) in [7, 11) is 0. The molecule has 0 aliphatic carbocycles. The Bertz CT molecular complexity index is 1090. The van der Waals surface area contributed by atoms with Crippen molar-refractivity contribution in [1.29, 1.82) is 0 Å². The molecule has 30 heavy (non-hydrogen) atoms. The molecule has 2 fully saturated rings. The van der Waals surface area contributed by atoms with Gasteiger partial charge in [0, 0.05) is 42.1 Å². The van der Waals surface area contributed by atoms with Crippen LogP contribution in [0.4, 0.5) is 24.7 Å². The molecule has 154 valence electrons. The molecule has 2 aliphatic rings. The standard InChI is InChI=1S/C20H16F3N5O2/c21-20(22,23)19-25-18(26-30-19)15-7-12(11-29)4-5-16(15)27-9-14-8-13(27)10-28(14)17-3-1-2-6-24-17/h1-7,11,13-14H,8-10H2/t13-,14-/m0/s1. The fourth-order valence-corrected chi connectivity index (χ4v) is 4.27. The second-order valence-corrected chi connectivity index (χ2v) is 7.35. The lowest BCUT2D eigenvalue weighted by atomic mass is 10.1. The molecule has 1 aromatic carbocycles. The second-order valence-electron chi connectivity index (χ2n) is 7.35. The summed E-state index contributed by atoms with van der Waals surface area (Å²) in [6.07, 6.45) is -1.43. The normalized spacial score (nSPS) is 20.8. The first-order valence-electron chi connectivity index (χ1n) is 9.39. The Morgan fingerprint density at radius 1 is 1.10 bits per heavy atom. The van der Waals surface area contributed by atoms with Gasteiger partial charge in [-0.25, -0.2) is 4.98 Å². The van der Waals surface area contributed by atoms with Crippen molar-refractivity contribution >= 4 is 17.8 Å². The van der Waals surface area contributed by atoms with Crippen LogP contribution in [0.15, 0.2) is 47.1 Å². The fourth-order valence-electron chi connectivity index (χ4n) is 4.27. The molecule has 0 N–H and O–H groups in total. The average molecular weight is 415 g/mol. The molecule has 7 nitrogen and oxygen atoms in total. The van der Waals surface area contributed by atoms with Crippen LogP contribution in [0.1, 0.15) is 22.7 Å². The van der Waals surface area contributed by atoms with Gasteiger partial charge in [0.25, 0.3) is 0 Å². The van der Waals surface area contributed by atoms with Crippen molar-refractivity contribution in [3.63, 3.8) is 0 Å². The van der Waals surface area contributed by atoms with E-state index >= 15 is 0 Å². The van der Waals surface area contributed by atoms with Gasteiger partial charge < -0.3 is 14.3 Å². The Morgan fingerprint density at radius 2 is 1.90 bits per heavy atom. The first-order valence-corrected chi connectivity index (χ1v) is 9.39. The Balaban J connectivity index is 1.48. The number of carbonyl (C=O) groups is 1. The van der Waals surface area contributed by atoms with Gasteiger partial charge in [-0.05, 0) is 36.8 Å². The highest BCUT2D eigenvalue weighted by Gasteiger charge is 2.45. The first-order chi connectivity index (χ1) is 14.4.